The molecule has 0 spiro atoms. The molecular weight excluding hydrogens is 314 g/mol. The van der Waals surface area contributed by atoms with Gasteiger partial charge in [-0.1, -0.05) is 42.0 Å². The van der Waals surface area contributed by atoms with Crippen LogP contribution in [0, 0.1) is 6.92 Å². The molecule has 132 valence electrons. The van der Waals surface area contributed by atoms with E-state index in [-0.39, 0.29) is 6.03 Å². The number of piperazine rings is 1. The van der Waals surface area contributed by atoms with Crippen molar-refractivity contribution in [3.8, 4) is 5.75 Å². The van der Waals surface area contributed by atoms with Crippen LogP contribution in [0.1, 0.15) is 11.1 Å². The molecule has 1 aliphatic heterocycles. The molecule has 0 radical (unpaired) electrons. The van der Waals surface area contributed by atoms with E-state index in [4.69, 9.17) is 4.74 Å². The van der Waals surface area contributed by atoms with Gasteiger partial charge in [-0.25, -0.2) is 4.79 Å². The molecule has 0 saturated carbocycles. The van der Waals surface area contributed by atoms with Gasteiger partial charge in [-0.05, 0) is 24.6 Å². The number of benzene rings is 2. The summed E-state index contributed by atoms with van der Waals surface area (Å²) in [5.74, 6) is 0.875. The maximum atomic E-state index is 12.4. The third kappa shape index (κ3) is 4.24. The van der Waals surface area contributed by atoms with Crippen molar-refractivity contribution in [2.75, 3.05) is 38.2 Å². The standard InChI is InChI=1S/C20H25N3O2/c1-16-6-5-7-17(14-16)15-21-20(24)23-12-10-22(11-13-23)18-8-3-4-9-19(18)25-2/h3-9,14H,10-13,15H2,1-2H3,(H,21,24). The van der Waals surface area contributed by atoms with Crippen molar-refractivity contribution in [3.63, 3.8) is 0 Å². The maximum Gasteiger partial charge on any atom is 0.317 e. The Kier molecular flexibility index (Phi) is 5.43. The minimum absolute atomic E-state index is 0.00110. The van der Waals surface area contributed by atoms with Crippen LogP contribution in [0.5, 0.6) is 5.75 Å². The Balaban J connectivity index is 1.52. The molecule has 1 fully saturated rings. The number of para-hydroxylation sites is 2. The average Bonchev–Trinajstić information content (AvgIpc) is 2.66. The highest BCUT2D eigenvalue weighted by molar-refractivity contribution is 5.74. The molecule has 25 heavy (non-hydrogen) atoms. The molecular formula is C20H25N3O2. The lowest BCUT2D eigenvalue weighted by Crippen LogP contribution is -2.51. The predicted octanol–water partition coefficient (Wildman–Crippen LogP) is 3.04. The number of rotatable bonds is 4. The summed E-state index contributed by atoms with van der Waals surface area (Å²) in [4.78, 5) is 16.5. The van der Waals surface area contributed by atoms with Crippen molar-refractivity contribution in [2.45, 2.75) is 13.5 Å². The van der Waals surface area contributed by atoms with E-state index in [1.54, 1.807) is 7.11 Å². The molecule has 2 aromatic rings. The van der Waals surface area contributed by atoms with Gasteiger partial charge in [0, 0.05) is 32.7 Å². The Bertz CT molecular complexity index is 724. The summed E-state index contributed by atoms with van der Waals surface area (Å²) >= 11 is 0. The van der Waals surface area contributed by atoms with Gasteiger partial charge in [0.2, 0.25) is 0 Å². The summed E-state index contributed by atoms with van der Waals surface area (Å²) in [6.07, 6.45) is 0. The second-order valence-electron chi connectivity index (χ2n) is 6.29. The van der Waals surface area contributed by atoms with Crippen LogP contribution in [0.4, 0.5) is 10.5 Å². The number of nitrogens with one attached hydrogen (secondary N) is 1. The number of carbonyl (C=O) groups is 1. The number of anilines is 1. The zero-order chi connectivity index (χ0) is 17.6. The third-order valence-corrected chi connectivity index (χ3v) is 4.52. The summed E-state index contributed by atoms with van der Waals surface area (Å²) in [5, 5.41) is 3.02. The van der Waals surface area contributed by atoms with Gasteiger partial charge in [-0.2, -0.15) is 0 Å². The minimum atomic E-state index is 0.00110. The monoisotopic (exact) mass is 339 g/mol. The Morgan fingerprint density at radius 3 is 2.56 bits per heavy atom. The van der Waals surface area contributed by atoms with Crippen LogP contribution in [0.25, 0.3) is 0 Å². The lowest BCUT2D eigenvalue weighted by molar-refractivity contribution is 0.194. The second kappa shape index (κ2) is 7.92. The fraction of sp³-hybridized carbons (Fsp3) is 0.350. The first kappa shape index (κ1) is 17.1. The molecule has 1 aliphatic rings. The Morgan fingerprint density at radius 1 is 1.08 bits per heavy atom. The van der Waals surface area contributed by atoms with Gasteiger partial charge >= 0.3 is 6.03 Å². The van der Waals surface area contributed by atoms with Crippen LogP contribution < -0.4 is 15.0 Å². The first-order chi connectivity index (χ1) is 12.2. The van der Waals surface area contributed by atoms with Crippen molar-refractivity contribution in [3.05, 3.63) is 59.7 Å². The van der Waals surface area contributed by atoms with Gasteiger partial charge in [-0.3, -0.25) is 0 Å². The molecule has 1 N–H and O–H groups in total. The number of hydrogen-bond acceptors (Lipinski definition) is 3. The molecule has 0 aliphatic carbocycles. The number of nitrogens with zero attached hydrogens (tertiary/aromatic N) is 2. The van der Waals surface area contributed by atoms with Crippen molar-refractivity contribution in [1.29, 1.82) is 0 Å². The molecule has 5 nitrogen and oxygen atoms in total. The lowest BCUT2D eigenvalue weighted by atomic mass is 10.1. The fourth-order valence-corrected chi connectivity index (χ4v) is 3.15. The van der Waals surface area contributed by atoms with Crippen LogP contribution in [0.2, 0.25) is 0 Å². The van der Waals surface area contributed by atoms with Crippen LogP contribution in [-0.4, -0.2) is 44.2 Å². The number of urea groups is 1. The summed E-state index contributed by atoms with van der Waals surface area (Å²) in [6.45, 7) is 5.64. The summed E-state index contributed by atoms with van der Waals surface area (Å²) < 4.78 is 5.44. The van der Waals surface area contributed by atoms with Gasteiger partial charge in [0.1, 0.15) is 5.75 Å². The van der Waals surface area contributed by atoms with Crippen molar-refractivity contribution in [2.24, 2.45) is 0 Å². The van der Waals surface area contributed by atoms with E-state index >= 15 is 0 Å². The lowest BCUT2D eigenvalue weighted by Gasteiger charge is -2.36. The number of ether oxygens (including phenoxy) is 1. The molecule has 0 bridgehead atoms. The highest BCUT2D eigenvalue weighted by Gasteiger charge is 2.22. The van der Waals surface area contributed by atoms with E-state index in [2.05, 4.69) is 35.3 Å². The van der Waals surface area contributed by atoms with Gasteiger partial charge in [0.15, 0.2) is 0 Å². The topological polar surface area (TPSA) is 44.8 Å². The van der Waals surface area contributed by atoms with Gasteiger partial charge in [0.05, 0.1) is 12.8 Å². The molecule has 1 heterocycles. The van der Waals surface area contributed by atoms with E-state index in [1.807, 2.05) is 35.2 Å². The Labute approximate surface area is 149 Å². The van der Waals surface area contributed by atoms with Crippen LogP contribution in [0.15, 0.2) is 48.5 Å². The van der Waals surface area contributed by atoms with Gasteiger partial charge in [0.25, 0.3) is 0 Å². The third-order valence-electron chi connectivity index (χ3n) is 4.52. The Hall–Kier alpha value is -2.69. The SMILES string of the molecule is COc1ccccc1N1CCN(C(=O)NCc2cccc(C)c2)CC1. The molecule has 0 atom stereocenters. The number of hydrogen-bond donors (Lipinski definition) is 1. The smallest absolute Gasteiger partial charge is 0.317 e. The molecule has 1 saturated heterocycles. The quantitative estimate of drug-likeness (QED) is 0.931. The number of methoxy groups -OCH3 is 1. The zero-order valence-electron chi connectivity index (χ0n) is 14.9. The summed E-state index contributed by atoms with van der Waals surface area (Å²) in [6, 6.07) is 16.2. The zero-order valence-corrected chi connectivity index (χ0v) is 14.9. The molecule has 0 unspecified atom stereocenters. The highest BCUT2D eigenvalue weighted by atomic mass is 16.5. The van der Waals surface area contributed by atoms with E-state index < -0.39 is 0 Å². The molecule has 2 aromatic carbocycles. The predicted molar refractivity (Wildman–Crippen MR) is 100 cm³/mol. The fourth-order valence-electron chi connectivity index (χ4n) is 3.15. The van der Waals surface area contributed by atoms with E-state index in [0.29, 0.717) is 19.6 Å². The molecule has 3 rings (SSSR count). The number of amides is 2. The molecule has 5 heteroatoms. The summed E-state index contributed by atoms with van der Waals surface area (Å²) in [5.41, 5.74) is 3.42. The number of carbonyl (C=O) groups excluding carboxylic acids is 1. The van der Waals surface area contributed by atoms with E-state index in [0.717, 1.165) is 30.1 Å². The van der Waals surface area contributed by atoms with E-state index in [1.165, 1.54) is 5.56 Å². The van der Waals surface area contributed by atoms with Crippen LogP contribution in [0.3, 0.4) is 0 Å². The second-order valence-corrected chi connectivity index (χ2v) is 6.29. The van der Waals surface area contributed by atoms with E-state index in [9.17, 15) is 4.79 Å². The van der Waals surface area contributed by atoms with Gasteiger partial charge in [-0.15, -0.1) is 0 Å². The van der Waals surface area contributed by atoms with Crippen molar-refractivity contribution in [1.82, 2.24) is 10.2 Å². The molecule has 2 amide bonds. The van der Waals surface area contributed by atoms with Crippen molar-refractivity contribution >= 4 is 11.7 Å². The minimum Gasteiger partial charge on any atom is -0.495 e. The highest BCUT2D eigenvalue weighted by Crippen LogP contribution is 2.28. The normalized spacial score (nSPS) is 14.3. The van der Waals surface area contributed by atoms with Gasteiger partial charge < -0.3 is 19.9 Å². The number of aryl methyl sites for hydroxylation is 1. The van der Waals surface area contributed by atoms with Crippen LogP contribution >= 0.6 is 0 Å². The van der Waals surface area contributed by atoms with Crippen molar-refractivity contribution < 1.29 is 9.53 Å². The largest absolute Gasteiger partial charge is 0.495 e. The summed E-state index contributed by atoms with van der Waals surface area (Å²) in [7, 11) is 1.69. The van der Waals surface area contributed by atoms with Crippen LogP contribution in [-0.2, 0) is 6.54 Å². The molecule has 0 aromatic heterocycles. The Morgan fingerprint density at radius 2 is 1.84 bits per heavy atom. The average molecular weight is 339 g/mol. The first-order valence-corrected chi connectivity index (χ1v) is 8.63. The first-order valence-electron chi connectivity index (χ1n) is 8.63. The maximum absolute atomic E-state index is 12.4.